The van der Waals surface area contributed by atoms with Crippen molar-refractivity contribution in [3.05, 3.63) is 47.9 Å². The van der Waals surface area contributed by atoms with E-state index in [9.17, 15) is 4.39 Å². The molecule has 0 amide bonds. The van der Waals surface area contributed by atoms with Crippen LogP contribution in [0.3, 0.4) is 0 Å². The zero-order valence-electron chi connectivity index (χ0n) is 9.28. The number of rotatable bonds is 3. The molecule has 0 spiro atoms. The van der Waals surface area contributed by atoms with Gasteiger partial charge in [0.2, 0.25) is 5.88 Å². The van der Waals surface area contributed by atoms with Gasteiger partial charge in [0.25, 0.3) is 0 Å². The van der Waals surface area contributed by atoms with Crippen LogP contribution in [0, 0.1) is 5.82 Å². The van der Waals surface area contributed by atoms with E-state index < -0.39 is 0 Å². The molecule has 0 bridgehead atoms. The predicted molar refractivity (Wildman–Crippen MR) is 65.7 cm³/mol. The molecule has 0 aliphatic heterocycles. The number of alkyl halides is 1. The third-order valence-corrected chi connectivity index (χ3v) is 2.74. The minimum atomic E-state index is -0.278. The van der Waals surface area contributed by atoms with Gasteiger partial charge in [-0.25, -0.2) is 9.37 Å². The topological polar surface area (TPSA) is 22.1 Å². The Labute approximate surface area is 104 Å². The SMILES string of the molecule is COc1ncc(-c2ccccc2F)cc1CCl. The molecule has 0 atom stereocenters. The molecule has 1 aromatic carbocycles. The second kappa shape index (κ2) is 5.15. The smallest absolute Gasteiger partial charge is 0.217 e. The van der Waals surface area contributed by atoms with Gasteiger partial charge in [-0.15, -0.1) is 11.6 Å². The summed E-state index contributed by atoms with van der Waals surface area (Å²) in [6.45, 7) is 0. The summed E-state index contributed by atoms with van der Waals surface area (Å²) in [5, 5.41) is 0. The minimum absolute atomic E-state index is 0.276. The first kappa shape index (κ1) is 11.9. The number of nitrogens with zero attached hydrogens (tertiary/aromatic N) is 1. The van der Waals surface area contributed by atoms with E-state index in [0.29, 0.717) is 17.0 Å². The molecule has 88 valence electrons. The lowest BCUT2D eigenvalue weighted by Gasteiger charge is -2.08. The fourth-order valence-corrected chi connectivity index (χ4v) is 1.81. The molecule has 2 aromatic rings. The molecule has 2 nitrogen and oxygen atoms in total. The van der Waals surface area contributed by atoms with Gasteiger partial charge in [-0.05, 0) is 12.1 Å². The zero-order valence-corrected chi connectivity index (χ0v) is 10.0. The maximum atomic E-state index is 13.6. The first-order valence-corrected chi connectivity index (χ1v) is 5.63. The minimum Gasteiger partial charge on any atom is -0.481 e. The summed E-state index contributed by atoms with van der Waals surface area (Å²) in [6.07, 6.45) is 1.58. The van der Waals surface area contributed by atoms with Crippen molar-refractivity contribution in [2.45, 2.75) is 5.88 Å². The first-order valence-electron chi connectivity index (χ1n) is 5.10. The molecule has 4 heteroatoms. The number of halogens is 2. The van der Waals surface area contributed by atoms with Crippen molar-refractivity contribution in [3.63, 3.8) is 0 Å². The van der Waals surface area contributed by atoms with Gasteiger partial charge in [0.1, 0.15) is 5.82 Å². The van der Waals surface area contributed by atoms with Crippen molar-refractivity contribution >= 4 is 11.6 Å². The molecule has 0 saturated carbocycles. The first-order chi connectivity index (χ1) is 8.26. The number of ether oxygens (including phenoxy) is 1. The Hall–Kier alpha value is -1.61. The van der Waals surface area contributed by atoms with E-state index >= 15 is 0 Å². The van der Waals surface area contributed by atoms with Gasteiger partial charge in [0.05, 0.1) is 13.0 Å². The summed E-state index contributed by atoms with van der Waals surface area (Å²) in [6, 6.07) is 8.34. The van der Waals surface area contributed by atoms with Crippen molar-refractivity contribution in [3.8, 4) is 17.0 Å². The summed E-state index contributed by atoms with van der Waals surface area (Å²) in [4.78, 5) is 4.11. The van der Waals surface area contributed by atoms with E-state index in [0.717, 1.165) is 5.56 Å². The van der Waals surface area contributed by atoms with Gasteiger partial charge < -0.3 is 4.74 Å². The second-order valence-electron chi connectivity index (χ2n) is 3.51. The van der Waals surface area contributed by atoms with E-state index in [-0.39, 0.29) is 11.7 Å². The standard InChI is InChI=1S/C13H11ClFNO/c1-17-13-9(7-14)6-10(8-16-13)11-4-2-3-5-12(11)15/h2-6,8H,7H2,1H3. The quantitative estimate of drug-likeness (QED) is 0.777. The van der Waals surface area contributed by atoms with Crippen molar-refractivity contribution in [2.24, 2.45) is 0 Å². The number of hydrogen-bond acceptors (Lipinski definition) is 2. The molecule has 1 heterocycles. The van der Waals surface area contributed by atoms with Crippen LogP contribution in [0.2, 0.25) is 0 Å². The highest BCUT2D eigenvalue weighted by molar-refractivity contribution is 6.17. The molecule has 1 aromatic heterocycles. The Morgan fingerprint density at radius 3 is 2.76 bits per heavy atom. The van der Waals surface area contributed by atoms with Gasteiger partial charge in [-0.3, -0.25) is 0 Å². The molecule has 0 aliphatic rings. The summed E-state index contributed by atoms with van der Waals surface area (Å²) < 4.78 is 18.7. The van der Waals surface area contributed by atoms with Crippen LogP contribution in [0.4, 0.5) is 4.39 Å². The number of aromatic nitrogens is 1. The Bertz CT molecular complexity index is 531. The fraction of sp³-hybridized carbons (Fsp3) is 0.154. The summed E-state index contributed by atoms with van der Waals surface area (Å²) in [7, 11) is 1.53. The van der Waals surface area contributed by atoms with Crippen molar-refractivity contribution in [1.82, 2.24) is 4.98 Å². The van der Waals surface area contributed by atoms with Gasteiger partial charge >= 0.3 is 0 Å². The summed E-state index contributed by atoms with van der Waals surface area (Å²) in [5.74, 6) is 0.471. The Morgan fingerprint density at radius 2 is 2.12 bits per heavy atom. The lowest BCUT2D eigenvalue weighted by Crippen LogP contribution is -1.94. The zero-order chi connectivity index (χ0) is 12.3. The van der Waals surface area contributed by atoms with E-state index in [1.54, 1.807) is 30.5 Å². The lowest BCUT2D eigenvalue weighted by atomic mass is 10.1. The molecular formula is C13H11ClFNO. The lowest BCUT2D eigenvalue weighted by molar-refractivity contribution is 0.394. The Kier molecular flexibility index (Phi) is 3.59. The fourth-order valence-electron chi connectivity index (χ4n) is 1.62. The van der Waals surface area contributed by atoms with E-state index in [1.165, 1.54) is 13.2 Å². The number of benzene rings is 1. The predicted octanol–water partition coefficient (Wildman–Crippen LogP) is 3.64. The van der Waals surface area contributed by atoms with Crippen LogP contribution in [0.15, 0.2) is 36.5 Å². The molecule has 0 N–H and O–H groups in total. The molecule has 2 rings (SSSR count). The molecular weight excluding hydrogens is 241 g/mol. The maximum Gasteiger partial charge on any atom is 0.217 e. The molecule has 0 unspecified atom stereocenters. The molecule has 17 heavy (non-hydrogen) atoms. The van der Waals surface area contributed by atoms with E-state index in [4.69, 9.17) is 16.3 Å². The number of pyridine rings is 1. The van der Waals surface area contributed by atoms with Crippen molar-refractivity contribution in [1.29, 1.82) is 0 Å². The van der Waals surface area contributed by atoms with Gasteiger partial charge in [-0.1, -0.05) is 18.2 Å². The largest absolute Gasteiger partial charge is 0.481 e. The molecule has 0 fully saturated rings. The second-order valence-corrected chi connectivity index (χ2v) is 3.77. The molecule has 0 aliphatic carbocycles. The van der Waals surface area contributed by atoms with Crippen LogP contribution < -0.4 is 4.74 Å². The van der Waals surface area contributed by atoms with E-state index in [2.05, 4.69) is 4.98 Å². The normalized spacial score (nSPS) is 10.3. The van der Waals surface area contributed by atoms with Crippen LogP contribution in [0.5, 0.6) is 5.88 Å². The maximum absolute atomic E-state index is 13.6. The van der Waals surface area contributed by atoms with Gasteiger partial charge in [0, 0.05) is 22.9 Å². The number of methoxy groups -OCH3 is 1. The van der Waals surface area contributed by atoms with Crippen molar-refractivity contribution < 1.29 is 9.13 Å². The average molecular weight is 252 g/mol. The monoisotopic (exact) mass is 251 g/mol. The average Bonchev–Trinajstić information content (AvgIpc) is 2.38. The van der Waals surface area contributed by atoms with Crippen LogP contribution in [-0.2, 0) is 5.88 Å². The highest BCUT2D eigenvalue weighted by Gasteiger charge is 2.09. The van der Waals surface area contributed by atoms with Crippen molar-refractivity contribution in [2.75, 3.05) is 7.11 Å². The van der Waals surface area contributed by atoms with Gasteiger partial charge in [-0.2, -0.15) is 0 Å². The van der Waals surface area contributed by atoms with Crippen LogP contribution in [0.1, 0.15) is 5.56 Å². The number of hydrogen-bond donors (Lipinski definition) is 0. The third-order valence-electron chi connectivity index (χ3n) is 2.45. The summed E-state index contributed by atoms with van der Waals surface area (Å²) >= 11 is 5.80. The van der Waals surface area contributed by atoms with Crippen LogP contribution >= 0.6 is 11.6 Å². The highest BCUT2D eigenvalue weighted by Crippen LogP contribution is 2.26. The Morgan fingerprint density at radius 1 is 1.35 bits per heavy atom. The van der Waals surface area contributed by atoms with Crippen LogP contribution in [0.25, 0.3) is 11.1 Å². The van der Waals surface area contributed by atoms with Crippen LogP contribution in [-0.4, -0.2) is 12.1 Å². The molecule has 0 radical (unpaired) electrons. The third kappa shape index (κ3) is 2.39. The Balaban J connectivity index is 2.50. The molecule has 0 saturated heterocycles. The summed E-state index contributed by atoms with van der Waals surface area (Å²) in [5.41, 5.74) is 1.95. The highest BCUT2D eigenvalue weighted by atomic mass is 35.5. The van der Waals surface area contributed by atoms with Gasteiger partial charge in [0.15, 0.2) is 0 Å². The van der Waals surface area contributed by atoms with E-state index in [1.807, 2.05) is 0 Å².